The Morgan fingerprint density at radius 3 is 2.57 bits per heavy atom. The number of carbonyl (C=O) groups excluding carboxylic acids is 1. The van der Waals surface area contributed by atoms with Gasteiger partial charge in [-0.05, 0) is 56.2 Å². The number of hydrogen-bond donors (Lipinski definition) is 0. The highest BCUT2D eigenvalue weighted by Gasteiger charge is 2.17. The minimum atomic E-state index is -0.614. The van der Waals surface area contributed by atoms with Crippen molar-refractivity contribution < 1.29 is 9.53 Å². The van der Waals surface area contributed by atoms with Crippen LogP contribution in [0.15, 0.2) is 29.3 Å². The first-order valence-electron chi connectivity index (χ1n) is 7.52. The van der Waals surface area contributed by atoms with Gasteiger partial charge in [-0.3, -0.25) is 13.9 Å². The minimum absolute atomic E-state index is 0.282. The number of fused-ring (bicyclic) bond motifs is 1. The number of benzene rings is 1. The molecule has 1 amide bonds. The van der Waals surface area contributed by atoms with Crippen LogP contribution in [0.4, 0.5) is 4.79 Å². The fraction of sp³-hybridized carbons (Fsp3) is 0.400. The highest BCUT2D eigenvalue weighted by atomic mass is 35.5. The molecule has 0 saturated carbocycles. The average molecular weight is 353 g/mol. The van der Waals surface area contributed by atoms with Gasteiger partial charge in [-0.25, -0.2) is 4.79 Å². The normalized spacial score (nSPS) is 14.6. The lowest BCUT2D eigenvalue weighted by Crippen LogP contribution is -2.32. The molecule has 1 aliphatic heterocycles. The zero-order chi connectivity index (χ0) is 16.4. The lowest BCUT2D eigenvalue weighted by molar-refractivity contribution is 0.161. The van der Waals surface area contributed by atoms with Crippen molar-refractivity contribution in [3.8, 4) is 5.69 Å². The predicted octanol–water partition coefficient (Wildman–Crippen LogP) is 3.31. The molecule has 6 nitrogen and oxygen atoms in total. The highest BCUT2D eigenvalue weighted by Crippen LogP contribution is 2.15. The van der Waals surface area contributed by atoms with Gasteiger partial charge < -0.3 is 4.74 Å². The van der Waals surface area contributed by atoms with E-state index >= 15 is 0 Å². The van der Waals surface area contributed by atoms with Gasteiger partial charge in [0.2, 0.25) is 10.4 Å². The molecule has 23 heavy (non-hydrogen) atoms. The second-order valence-corrected chi connectivity index (χ2v) is 5.96. The summed E-state index contributed by atoms with van der Waals surface area (Å²) >= 11 is 11.6. The Kier molecular flexibility index (Phi) is 4.68. The van der Waals surface area contributed by atoms with E-state index in [1.165, 1.54) is 0 Å². The molecule has 1 aromatic carbocycles. The number of aromatic nitrogens is 3. The second-order valence-electron chi connectivity index (χ2n) is 5.16. The Morgan fingerprint density at radius 1 is 1.26 bits per heavy atom. The molecule has 3 rings (SSSR count). The molecule has 0 N–H and O–H groups in total. The van der Waals surface area contributed by atoms with Crippen LogP contribution in [-0.2, 0) is 17.8 Å². The number of amides is 1. The van der Waals surface area contributed by atoms with Crippen LogP contribution in [0.5, 0.6) is 0 Å². The van der Waals surface area contributed by atoms with Gasteiger partial charge in [-0.1, -0.05) is 11.6 Å². The molecule has 8 heteroatoms. The summed E-state index contributed by atoms with van der Waals surface area (Å²) < 4.78 is 11.3. The van der Waals surface area contributed by atoms with E-state index in [0.717, 1.165) is 31.6 Å². The topological polar surface area (TPSA) is 53.4 Å². The summed E-state index contributed by atoms with van der Waals surface area (Å²) in [6.07, 6.45) is 1.46. The summed E-state index contributed by atoms with van der Waals surface area (Å²) in [5.41, 5.74) is 1.30. The number of rotatable bonds is 2. The molecule has 0 atom stereocenters. The molecule has 2 aromatic rings. The van der Waals surface area contributed by atoms with E-state index in [-0.39, 0.29) is 6.61 Å². The molecule has 0 bridgehead atoms. The Balaban J connectivity index is 2.25. The van der Waals surface area contributed by atoms with Crippen molar-refractivity contribution in [3.63, 3.8) is 0 Å². The monoisotopic (exact) mass is 352 g/mol. The standard InChI is InChI=1S/C15H17ClN4O2S/c1-2-22-14(21)17-13-18-9-3-4-10-19(18)15(23)20(13)12-7-5-11(16)6-8-12/h5-8H,2-4,9-10H2,1H3. The SMILES string of the molecule is CCOC(=O)N=c1n(-c2ccc(Cl)cc2)c(=S)n2n1CCCC2. The number of carbonyl (C=O) groups is 1. The Labute approximate surface area is 143 Å². The quantitative estimate of drug-likeness (QED) is 0.779. The molecule has 122 valence electrons. The van der Waals surface area contributed by atoms with Crippen LogP contribution < -0.4 is 5.62 Å². The molecule has 1 aromatic heterocycles. The third kappa shape index (κ3) is 3.11. The van der Waals surface area contributed by atoms with Crippen LogP contribution in [0.25, 0.3) is 5.69 Å². The summed E-state index contributed by atoms with van der Waals surface area (Å²) in [6.45, 7) is 3.61. The third-order valence-electron chi connectivity index (χ3n) is 3.67. The highest BCUT2D eigenvalue weighted by molar-refractivity contribution is 7.71. The fourth-order valence-corrected chi connectivity index (χ4v) is 3.15. The number of ether oxygens (including phenoxy) is 1. The first-order valence-corrected chi connectivity index (χ1v) is 8.30. The van der Waals surface area contributed by atoms with E-state index in [1.54, 1.807) is 23.6 Å². The van der Waals surface area contributed by atoms with Gasteiger partial charge in [0.15, 0.2) is 0 Å². The maximum absolute atomic E-state index is 11.9. The second kappa shape index (κ2) is 6.72. The molecule has 0 saturated heterocycles. The van der Waals surface area contributed by atoms with E-state index in [1.807, 2.05) is 21.5 Å². The van der Waals surface area contributed by atoms with Gasteiger partial charge in [-0.15, -0.1) is 4.99 Å². The Bertz CT molecular complexity index is 848. The summed E-state index contributed by atoms with van der Waals surface area (Å²) in [6, 6.07) is 7.28. The average Bonchev–Trinajstić information content (AvgIpc) is 2.82. The molecule has 0 fully saturated rings. The van der Waals surface area contributed by atoms with Gasteiger partial charge in [0.25, 0.3) is 0 Å². The van der Waals surface area contributed by atoms with Gasteiger partial charge in [-0.2, -0.15) is 0 Å². The van der Waals surface area contributed by atoms with Gasteiger partial charge in [0, 0.05) is 18.1 Å². The number of nitrogens with zero attached hydrogens (tertiary/aromatic N) is 4. The summed E-state index contributed by atoms with van der Waals surface area (Å²) in [5, 5.41) is 0.640. The van der Waals surface area contributed by atoms with Crippen molar-refractivity contribution in [3.05, 3.63) is 39.7 Å². The maximum atomic E-state index is 11.9. The van der Waals surface area contributed by atoms with E-state index in [9.17, 15) is 4.79 Å². The molecule has 1 aliphatic rings. The van der Waals surface area contributed by atoms with Gasteiger partial charge >= 0.3 is 6.09 Å². The zero-order valence-corrected chi connectivity index (χ0v) is 14.3. The Morgan fingerprint density at radius 2 is 1.91 bits per heavy atom. The third-order valence-corrected chi connectivity index (χ3v) is 4.31. The van der Waals surface area contributed by atoms with Crippen molar-refractivity contribution in [1.82, 2.24) is 13.9 Å². The molecule has 0 radical (unpaired) electrons. The van der Waals surface area contributed by atoms with Crippen LogP contribution in [0.3, 0.4) is 0 Å². The van der Waals surface area contributed by atoms with Crippen LogP contribution in [0.2, 0.25) is 5.02 Å². The number of halogens is 1. The molecule has 2 heterocycles. The first-order chi connectivity index (χ1) is 11.1. The summed E-state index contributed by atoms with van der Waals surface area (Å²) in [7, 11) is 0. The maximum Gasteiger partial charge on any atom is 0.436 e. The van der Waals surface area contributed by atoms with Gasteiger partial charge in [0.05, 0.1) is 12.3 Å². The smallest absolute Gasteiger partial charge is 0.436 e. The van der Waals surface area contributed by atoms with Crippen molar-refractivity contribution in [1.29, 1.82) is 0 Å². The van der Waals surface area contributed by atoms with E-state index in [0.29, 0.717) is 15.4 Å². The van der Waals surface area contributed by atoms with Gasteiger partial charge in [0.1, 0.15) is 0 Å². The summed E-state index contributed by atoms with van der Waals surface area (Å²) in [5.74, 6) is 0. The van der Waals surface area contributed by atoms with Crippen LogP contribution in [-0.4, -0.2) is 26.6 Å². The predicted molar refractivity (Wildman–Crippen MR) is 89.4 cm³/mol. The molecule has 0 unspecified atom stereocenters. The Hall–Kier alpha value is -1.86. The van der Waals surface area contributed by atoms with Crippen molar-refractivity contribution >= 4 is 29.9 Å². The molecule has 0 spiro atoms. The van der Waals surface area contributed by atoms with Crippen molar-refractivity contribution in [2.24, 2.45) is 4.99 Å². The minimum Gasteiger partial charge on any atom is -0.448 e. The van der Waals surface area contributed by atoms with Crippen LogP contribution in [0.1, 0.15) is 19.8 Å². The van der Waals surface area contributed by atoms with Crippen LogP contribution in [0, 0.1) is 4.77 Å². The molecular formula is C15H17ClN4O2S. The van der Waals surface area contributed by atoms with E-state index in [4.69, 9.17) is 28.6 Å². The number of hydrogen-bond acceptors (Lipinski definition) is 3. The zero-order valence-electron chi connectivity index (χ0n) is 12.7. The van der Waals surface area contributed by atoms with E-state index < -0.39 is 6.09 Å². The lowest BCUT2D eigenvalue weighted by atomic mass is 10.3. The van der Waals surface area contributed by atoms with Crippen LogP contribution >= 0.6 is 23.8 Å². The molecular weight excluding hydrogens is 336 g/mol. The van der Waals surface area contributed by atoms with Crippen molar-refractivity contribution in [2.75, 3.05) is 6.61 Å². The largest absolute Gasteiger partial charge is 0.448 e. The fourth-order valence-electron chi connectivity index (χ4n) is 2.65. The molecule has 0 aliphatic carbocycles. The summed E-state index contributed by atoms with van der Waals surface area (Å²) in [4.78, 5) is 16.0. The van der Waals surface area contributed by atoms with E-state index in [2.05, 4.69) is 4.99 Å². The first kappa shape index (κ1) is 16.0. The lowest BCUT2D eigenvalue weighted by Gasteiger charge is -2.16. The van der Waals surface area contributed by atoms with Crippen molar-refractivity contribution in [2.45, 2.75) is 32.9 Å².